The molecule has 7 N–H and O–H groups in total. The van der Waals surface area contributed by atoms with E-state index < -0.39 is 29.9 Å². The third kappa shape index (κ3) is 3.67. The van der Waals surface area contributed by atoms with Crippen molar-refractivity contribution in [1.29, 1.82) is 10.8 Å². The highest BCUT2D eigenvalue weighted by Crippen LogP contribution is 2.38. The van der Waals surface area contributed by atoms with Gasteiger partial charge in [0, 0.05) is 24.9 Å². The van der Waals surface area contributed by atoms with E-state index in [4.69, 9.17) is 10.8 Å². The Morgan fingerprint density at radius 3 is 2.47 bits per heavy atom. The summed E-state index contributed by atoms with van der Waals surface area (Å²) in [6, 6.07) is 14.8. The number of aliphatic hydroxyl groups is 1. The van der Waals surface area contributed by atoms with Crippen LogP contribution in [0.2, 0.25) is 0 Å². The number of nitrogens with zero attached hydrogens (tertiary/aromatic N) is 2. The van der Waals surface area contributed by atoms with Gasteiger partial charge in [0.15, 0.2) is 17.6 Å². The number of carbonyl (C=O) groups excluding carboxylic acids is 3. The van der Waals surface area contributed by atoms with Gasteiger partial charge in [-0.3, -0.25) is 30.1 Å². The van der Waals surface area contributed by atoms with Crippen LogP contribution in [-0.4, -0.2) is 87.5 Å². The van der Waals surface area contributed by atoms with Gasteiger partial charge in [0.05, 0.1) is 24.7 Å². The lowest BCUT2D eigenvalue weighted by atomic mass is 9.87. The van der Waals surface area contributed by atoms with E-state index in [1.54, 1.807) is 23.1 Å². The average molecular weight is 517 g/mol. The van der Waals surface area contributed by atoms with E-state index in [0.717, 1.165) is 16.0 Å². The minimum Gasteiger partial charge on any atom is -0.386 e. The second-order valence-corrected chi connectivity index (χ2v) is 10.0. The SMILES string of the molecule is N=C1NC2[C@H](CN3C(=O)CCC3=O)NC(=N)N3C[C@H](NC(=O)c4cccc(-c5ccccc5)c4)[C@@H](O)C23N1. The summed E-state index contributed by atoms with van der Waals surface area (Å²) in [5, 5.41) is 40.4. The van der Waals surface area contributed by atoms with Crippen molar-refractivity contribution >= 4 is 29.6 Å². The van der Waals surface area contributed by atoms with Crippen LogP contribution in [0.15, 0.2) is 54.6 Å². The van der Waals surface area contributed by atoms with Gasteiger partial charge in [-0.25, -0.2) is 0 Å². The predicted octanol–water partition coefficient (Wildman–Crippen LogP) is -0.623. The van der Waals surface area contributed by atoms with E-state index in [1.807, 2.05) is 36.4 Å². The Kier molecular flexibility index (Phi) is 5.56. The zero-order chi connectivity index (χ0) is 26.6. The van der Waals surface area contributed by atoms with E-state index in [-0.39, 0.29) is 55.6 Å². The predicted molar refractivity (Wildman–Crippen MR) is 137 cm³/mol. The van der Waals surface area contributed by atoms with Gasteiger partial charge in [0.2, 0.25) is 11.8 Å². The topological polar surface area (TPSA) is 174 Å². The van der Waals surface area contributed by atoms with E-state index in [2.05, 4.69) is 21.3 Å². The number of hydrogen-bond donors (Lipinski definition) is 7. The highest BCUT2D eigenvalue weighted by atomic mass is 16.3. The summed E-state index contributed by atoms with van der Waals surface area (Å²) in [5.74, 6) is -1.02. The molecule has 4 heterocycles. The van der Waals surface area contributed by atoms with Crippen molar-refractivity contribution in [1.82, 2.24) is 31.1 Å². The van der Waals surface area contributed by atoms with Gasteiger partial charge in [-0.1, -0.05) is 42.5 Å². The van der Waals surface area contributed by atoms with Crippen LogP contribution in [0.4, 0.5) is 0 Å². The third-order valence-corrected chi connectivity index (χ3v) is 7.83. The molecule has 38 heavy (non-hydrogen) atoms. The number of aliphatic hydroxyl groups excluding tert-OH is 1. The molecule has 12 heteroatoms. The first-order valence-corrected chi connectivity index (χ1v) is 12.5. The van der Waals surface area contributed by atoms with E-state index >= 15 is 0 Å². The fourth-order valence-corrected chi connectivity index (χ4v) is 6.03. The molecule has 4 saturated heterocycles. The molecule has 0 saturated carbocycles. The van der Waals surface area contributed by atoms with Crippen LogP contribution < -0.4 is 21.3 Å². The molecule has 0 bridgehead atoms. The lowest BCUT2D eigenvalue weighted by molar-refractivity contribution is -0.139. The number of likely N-dealkylation sites (tertiary alicyclic amines) is 1. The summed E-state index contributed by atoms with van der Waals surface area (Å²) in [6.07, 6.45) is -0.914. The first-order valence-electron chi connectivity index (χ1n) is 12.5. The van der Waals surface area contributed by atoms with Crippen molar-refractivity contribution in [2.45, 2.75) is 42.7 Å². The van der Waals surface area contributed by atoms with Crippen LogP contribution in [0.5, 0.6) is 0 Å². The quantitative estimate of drug-likeness (QED) is 0.257. The average Bonchev–Trinajstić information content (AvgIpc) is 3.53. The monoisotopic (exact) mass is 516 g/mol. The summed E-state index contributed by atoms with van der Waals surface area (Å²) >= 11 is 0. The molecule has 6 rings (SSSR count). The normalized spacial score (nSPS) is 29.9. The molecule has 4 aliphatic heterocycles. The summed E-state index contributed by atoms with van der Waals surface area (Å²) < 4.78 is 0. The number of carbonyl (C=O) groups is 3. The lowest BCUT2D eigenvalue weighted by Crippen LogP contribution is -2.78. The maximum absolute atomic E-state index is 13.3. The minimum atomic E-state index is -1.32. The van der Waals surface area contributed by atoms with Gasteiger partial charge >= 0.3 is 0 Å². The van der Waals surface area contributed by atoms with Gasteiger partial charge in [-0.2, -0.15) is 0 Å². The van der Waals surface area contributed by atoms with E-state index in [0.29, 0.717) is 5.56 Å². The molecular weight excluding hydrogens is 488 g/mol. The summed E-state index contributed by atoms with van der Waals surface area (Å²) in [7, 11) is 0. The van der Waals surface area contributed by atoms with Crippen molar-refractivity contribution in [3.63, 3.8) is 0 Å². The van der Waals surface area contributed by atoms with Crippen LogP contribution in [0.25, 0.3) is 11.1 Å². The molecule has 0 aromatic heterocycles. The molecule has 2 aromatic rings. The maximum atomic E-state index is 13.3. The second-order valence-electron chi connectivity index (χ2n) is 10.0. The van der Waals surface area contributed by atoms with Crippen LogP contribution >= 0.6 is 0 Å². The van der Waals surface area contributed by atoms with E-state index in [1.165, 1.54) is 0 Å². The summed E-state index contributed by atoms with van der Waals surface area (Å²) in [6.45, 7) is 0.113. The van der Waals surface area contributed by atoms with Crippen molar-refractivity contribution in [2.75, 3.05) is 13.1 Å². The number of nitrogens with one attached hydrogen (secondary N) is 6. The molecule has 12 nitrogen and oxygen atoms in total. The van der Waals surface area contributed by atoms with Gasteiger partial charge < -0.3 is 31.3 Å². The number of hydrogen-bond acceptors (Lipinski definition) is 6. The summed E-state index contributed by atoms with van der Waals surface area (Å²) in [4.78, 5) is 40.5. The maximum Gasteiger partial charge on any atom is 0.251 e. The molecule has 0 radical (unpaired) electrons. The number of imide groups is 1. The van der Waals surface area contributed by atoms with Crippen LogP contribution in [0.1, 0.15) is 23.2 Å². The standard InChI is InChI=1S/C26H28N8O4/c27-24-31-21-17(12-33-19(35)9-10-20(33)36)30-25(28)34-13-18(22(37)26(21,34)32-24)29-23(38)16-8-4-7-15(11-16)14-5-2-1-3-6-14/h1-8,11,17-18,21-22,37H,9-10,12-13H2,(H2,28,30)(H,29,38)(H3,27,31,32)/t17-,18-,21?,22+,26?/m0/s1. The highest BCUT2D eigenvalue weighted by molar-refractivity contribution is 6.02. The minimum absolute atomic E-state index is 0.00170. The smallest absolute Gasteiger partial charge is 0.251 e. The Morgan fingerprint density at radius 2 is 1.74 bits per heavy atom. The van der Waals surface area contributed by atoms with Gasteiger partial charge in [-0.15, -0.1) is 0 Å². The Hall–Kier alpha value is -4.45. The number of benzene rings is 2. The van der Waals surface area contributed by atoms with Crippen molar-refractivity contribution in [3.8, 4) is 11.1 Å². The Labute approximate surface area is 218 Å². The zero-order valence-corrected chi connectivity index (χ0v) is 20.4. The zero-order valence-electron chi connectivity index (χ0n) is 20.4. The molecule has 2 aromatic carbocycles. The molecule has 3 amide bonds. The van der Waals surface area contributed by atoms with Crippen molar-refractivity contribution < 1.29 is 19.5 Å². The van der Waals surface area contributed by atoms with E-state index in [9.17, 15) is 19.5 Å². The fourth-order valence-electron chi connectivity index (χ4n) is 6.03. The molecule has 4 fully saturated rings. The molecule has 0 aliphatic carbocycles. The fraction of sp³-hybridized carbons (Fsp3) is 0.346. The second kappa shape index (κ2) is 8.84. The Balaban J connectivity index is 1.24. The number of amides is 3. The van der Waals surface area contributed by atoms with Crippen LogP contribution in [-0.2, 0) is 9.59 Å². The first-order chi connectivity index (χ1) is 18.3. The molecular formula is C26H28N8O4. The third-order valence-electron chi connectivity index (χ3n) is 7.83. The number of rotatable bonds is 5. The summed E-state index contributed by atoms with van der Waals surface area (Å²) in [5.41, 5.74) is 0.970. The Bertz CT molecular complexity index is 1330. The van der Waals surface area contributed by atoms with Crippen molar-refractivity contribution in [3.05, 3.63) is 60.2 Å². The molecule has 4 aliphatic rings. The van der Waals surface area contributed by atoms with Gasteiger partial charge in [0.1, 0.15) is 6.10 Å². The lowest BCUT2D eigenvalue weighted by Gasteiger charge is -2.49. The highest BCUT2D eigenvalue weighted by Gasteiger charge is 2.67. The molecule has 2 unspecified atom stereocenters. The Morgan fingerprint density at radius 1 is 1.03 bits per heavy atom. The van der Waals surface area contributed by atoms with Crippen molar-refractivity contribution in [2.24, 2.45) is 0 Å². The molecule has 1 spiro atoms. The van der Waals surface area contributed by atoms with Crippen LogP contribution in [0, 0.1) is 10.8 Å². The van der Waals surface area contributed by atoms with Gasteiger partial charge in [-0.05, 0) is 23.3 Å². The first kappa shape index (κ1) is 23.9. The molecule has 196 valence electrons. The van der Waals surface area contributed by atoms with Gasteiger partial charge in [0.25, 0.3) is 5.91 Å². The van der Waals surface area contributed by atoms with Crippen LogP contribution in [0.3, 0.4) is 0 Å². The number of guanidine groups is 2. The molecule has 5 atom stereocenters. The largest absolute Gasteiger partial charge is 0.386 e.